The van der Waals surface area contributed by atoms with Crippen LogP contribution < -0.4 is 9.64 Å². The molecular formula is C23H32N4O4. The predicted octanol–water partition coefficient (Wildman–Crippen LogP) is 2.48. The van der Waals surface area contributed by atoms with E-state index in [0.29, 0.717) is 12.3 Å². The Morgan fingerprint density at radius 1 is 1.32 bits per heavy atom. The van der Waals surface area contributed by atoms with Gasteiger partial charge in [0.05, 0.1) is 24.0 Å². The van der Waals surface area contributed by atoms with Gasteiger partial charge in [-0.1, -0.05) is 0 Å². The molecule has 0 fully saturated rings. The molecule has 31 heavy (non-hydrogen) atoms. The Kier molecular flexibility index (Phi) is 6.40. The van der Waals surface area contributed by atoms with Crippen LogP contribution in [0, 0.1) is 0 Å². The highest BCUT2D eigenvalue weighted by Crippen LogP contribution is 2.43. The Balaban J connectivity index is 2.07. The summed E-state index contributed by atoms with van der Waals surface area (Å²) in [6, 6.07) is 3.95. The van der Waals surface area contributed by atoms with E-state index in [1.807, 2.05) is 25.3 Å². The Morgan fingerprint density at radius 3 is 2.65 bits per heavy atom. The molecule has 0 spiro atoms. The Hall–Kier alpha value is -2.87. The molecule has 2 heterocycles. The van der Waals surface area contributed by atoms with Gasteiger partial charge in [-0.15, -0.1) is 0 Å². The number of rotatable bonds is 6. The molecule has 1 aliphatic heterocycles. The monoisotopic (exact) mass is 428 g/mol. The zero-order chi connectivity index (χ0) is 22.9. The third-order valence-electron chi connectivity index (χ3n) is 5.42. The van der Waals surface area contributed by atoms with Crippen LogP contribution >= 0.6 is 0 Å². The van der Waals surface area contributed by atoms with E-state index in [0.717, 1.165) is 35.2 Å². The molecule has 0 unspecified atom stereocenters. The minimum atomic E-state index is -0.894. The average molecular weight is 429 g/mol. The van der Waals surface area contributed by atoms with Gasteiger partial charge in [0.2, 0.25) is 5.91 Å². The summed E-state index contributed by atoms with van der Waals surface area (Å²) in [7, 11) is 3.37. The predicted molar refractivity (Wildman–Crippen MR) is 119 cm³/mol. The molecule has 0 saturated heterocycles. The van der Waals surface area contributed by atoms with Crippen molar-refractivity contribution >= 4 is 17.5 Å². The first-order valence-corrected chi connectivity index (χ1v) is 10.5. The maximum atomic E-state index is 12.3. The lowest BCUT2D eigenvalue weighted by Gasteiger charge is -2.36. The van der Waals surface area contributed by atoms with Crippen LogP contribution in [0.3, 0.4) is 0 Å². The Labute approximate surface area is 183 Å². The van der Waals surface area contributed by atoms with Crippen LogP contribution in [-0.2, 0) is 22.6 Å². The highest BCUT2D eigenvalue weighted by molar-refractivity contribution is 5.95. The highest BCUT2D eigenvalue weighted by atomic mass is 16.5. The fourth-order valence-corrected chi connectivity index (χ4v) is 3.93. The summed E-state index contributed by atoms with van der Waals surface area (Å²) in [6.45, 7) is 7.32. The van der Waals surface area contributed by atoms with Gasteiger partial charge in [0.25, 0.3) is 5.91 Å². The van der Waals surface area contributed by atoms with Crippen LogP contribution in [0.15, 0.2) is 24.5 Å². The van der Waals surface area contributed by atoms with Crippen molar-refractivity contribution in [2.75, 3.05) is 25.6 Å². The number of carbonyl (C=O) groups is 2. The zero-order valence-corrected chi connectivity index (χ0v) is 19.2. The number of fused-ring (bicyclic) bond motifs is 1. The van der Waals surface area contributed by atoms with E-state index >= 15 is 0 Å². The number of anilines is 1. The minimum Gasteiger partial charge on any atom is -0.483 e. The lowest BCUT2D eigenvalue weighted by molar-refractivity contribution is -0.130. The normalized spacial score (nSPS) is 16.1. The number of aliphatic hydroxyl groups is 1. The van der Waals surface area contributed by atoms with Gasteiger partial charge in [-0.2, -0.15) is 5.10 Å². The Morgan fingerprint density at radius 2 is 2.03 bits per heavy atom. The average Bonchev–Trinajstić information content (AvgIpc) is 3.11. The van der Waals surface area contributed by atoms with Gasteiger partial charge in [-0.3, -0.25) is 14.3 Å². The molecule has 1 aromatic carbocycles. The van der Waals surface area contributed by atoms with E-state index in [2.05, 4.69) is 5.10 Å². The molecule has 0 aliphatic carbocycles. The molecule has 0 bridgehead atoms. The number of nitrogens with zero attached hydrogens (tertiary/aromatic N) is 4. The minimum absolute atomic E-state index is 0.0190. The molecule has 168 valence electrons. The first-order chi connectivity index (χ1) is 14.5. The molecule has 8 nitrogen and oxygen atoms in total. The topological polar surface area (TPSA) is 87.9 Å². The number of hydrogen-bond donors (Lipinski definition) is 1. The third kappa shape index (κ3) is 5.07. The van der Waals surface area contributed by atoms with Gasteiger partial charge in [-0.25, -0.2) is 0 Å². The summed E-state index contributed by atoms with van der Waals surface area (Å²) in [4.78, 5) is 27.8. The van der Waals surface area contributed by atoms with Crippen molar-refractivity contribution in [1.82, 2.24) is 14.7 Å². The number of amides is 2. The fourth-order valence-electron chi connectivity index (χ4n) is 3.93. The SMILES string of the molecule is CC(=O)N1c2ccc(-c3cnn(CC(C)(C)O)c3)c(OCC(=O)N(C)C)c2CC[C@@H]1C. The zero-order valence-electron chi connectivity index (χ0n) is 19.2. The lowest BCUT2D eigenvalue weighted by Crippen LogP contribution is -2.41. The molecule has 1 aromatic heterocycles. The largest absolute Gasteiger partial charge is 0.483 e. The van der Waals surface area contributed by atoms with Gasteiger partial charge in [0, 0.05) is 49.9 Å². The quantitative estimate of drug-likeness (QED) is 0.764. The van der Waals surface area contributed by atoms with Gasteiger partial charge < -0.3 is 19.6 Å². The summed E-state index contributed by atoms with van der Waals surface area (Å²) >= 11 is 0. The van der Waals surface area contributed by atoms with Crippen LogP contribution in [0.5, 0.6) is 5.75 Å². The van der Waals surface area contributed by atoms with Gasteiger partial charge >= 0.3 is 0 Å². The summed E-state index contributed by atoms with van der Waals surface area (Å²) in [5.74, 6) is 0.442. The first kappa shape index (κ1) is 22.8. The van der Waals surface area contributed by atoms with E-state index in [1.165, 1.54) is 4.90 Å². The Bertz CT molecular complexity index is 974. The second-order valence-corrected chi connectivity index (χ2v) is 9.03. The van der Waals surface area contributed by atoms with Crippen molar-refractivity contribution < 1.29 is 19.4 Å². The number of hydrogen-bond acceptors (Lipinski definition) is 5. The second kappa shape index (κ2) is 8.70. The maximum Gasteiger partial charge on any atom is 0.259 e. The van der Waals surface area contributed by atoms with E-state index in [1.54, 1.807) is 50.6 Å². The van der Waals surface area contributed by atoms with Crippen molar-refractivity contribution in [2.24, 2.45) is 0 Å². The van der Waals surface area contributed by atoms with Gasteiger partial charge in [0.1, 0.15) is 5.75 Å². The van der Waals surface area contributed by atoms with Crippen molar-refractivity contribution in [2.45, 2.75) is 58.7 Å². The molecule has 2 aromatic rings. The van der Waals surface area contributed by atoms with Crippen LogP contribution in [0.4, 0.5) is 5.69 Å². The second-order valence-electron chi connectivity index (χ2n) is 9.03. The highest BCUT2D eigenvalue weighted by Gasteiger charge is 2.30. The van der Waals surface area contributed by atoms with Crippen molar-refractivity contribution in [3.05, 3.63) is 30.1 Å². The van der Waals surface area contributed by atoms with Gasteiger partial charge in [-0.05, 0) is 45.7 Å². The number of aromatic nitrogens is 2. The maximum absolute atomic E-state index is 12.3. The molecule has 0 radical (unpaired) electrons. The van der Waals surface area contributed by atoms with Crippen molar-refractivity contribution in [1.29, 1.82) is 0 Å². The molecule has 0 saturated carbocycles. The van der Waals surface area contributed by atoms with Crippen LogP contribution in [0.1, 0.15) is 39.7 Å². The standard InChI is InChI=1S/C23H32N4O4/c1-15-7-8-19-20(27(15)16(2)28)10-9-18(22(19)31-13-21(29)25(5)6)17-11-24-26(12-17)14-23(3,4)30/h9-12,15,30H,7-8,13-14H2,1-6H3/t15-/m0/s1. The van der Waals surface area contributed by atoms with Gasteiger partial charge in [0.15, 0.2) is 6.61 Å². The molecular weight excluding hydrogens is 396 g/mol. The first-order valence-electron chi connectivity index (χ1n) is 10.5. The molecule has 3 rings (SSSR count). The van der Waals surface area contributed by atoms with E-state index in [4.69, 9.17) is 4.74 Å². The van der Waals surface area contributed by atoms with E-state index < -0.39 is 5.60 Å². The molecule has 1 aliphatic rings. The molecule has 1 atom stereocenters. The van der Waals surface area contributed by atoms with E-state index in [9.17, 15) is 14.7 Å². The number of ether oxygens (including phenoxy) is 1. The molecule has 2 amide bonds. The van der Waals surface area contributed by atoms with Crippen molar-refractivity contribution in [3.63, 3.8) is 0 Å². The summed E-state index contributed by atoms with van der Waals surface area (Å²) in [6.07, 6.45) is 5.14. The summed E-state index contributed by atoms with van der Waals surface area (Å²) in [5, 5.41) is 14.5. The van der Waals surface area contributed by atoms with Crippen LogP contribution in [0.25, 0.3) is 11.1 Å². The van der Waals surface area contributed by atoms with E-state index in [-0.39, 0.29) is 24.5 Å². The molecule has 8 heteroatoms. The number of benzene rings is 1. The number of carbonyl (C=O) groups excluding carboxylic acids is 2. The smallest absolute Gasteiger partial charge is 0.259 e. The fraction of sp³-hybridized carbons (Fsp3) is 0.522. The van der Waals surface area contributed by atoms with Crippen LogP contribution in [-0.4, -0.2) is 63.9 Å². The number of likely N-dealkylation sites (N-methyl/N-ethyl adjacent to an activating group) is 1. The lowest BCUT2D eigenvalue weighted by atomic mass is 9.92. The van der Waals surface area contributed by atoms with Crippen LogP contribution in [0.2, 0.25) is 0 Å². The molecule has 1 N–H and O–H groups in total. The summed E-state index contributed by atoms with van der Waals surface area (Å²) < 4.78 is 7.76. The third-order valence-corrected chi connectivity index (χ3v) is 5.42. The summed E-state index contributed by atoms with van der Waals surface area (Å²) in [5.41, 5.74) is 2.49. The van der Waals surface area contributed by atoms with Crippen molar-refractivity contribution in [3.8, 4) is 16.9 Å².